The summed E-state index contributed by atoms with van der Waals surface area (Å²) in [5.74, 6) is -3.62. The number of carboxylic acid groups (broad SMARTS) is 2. The van der Waals surface area contributed by atoms with Crippen LogP contribution in [0.2, 0.25) is 0 Å². The van der Waals surface area contributed by atoms with Crippen molar-refractivity contribution in [2.75, 3.05) is 5.73 Å². The molecular formula is C20H19N5Na2O6. The first-order valence-electron chi connectivity index (χ1n) is 9.41. The van der Waals surface area contributed by atoms with Crippen molar-refractivity contribution in [3.05, 3.63) is 57.5 Å². The van der Waals surface area contributed by atoms with Gasteiger partial charge in [-0.25, -0.2) is 0 Å². The number of nitrogens with two attached hydrogens (primary N) is 1. The first-order chi connectivity index (χ1) is 14.7. The van der Waals surface area contributed by atoms with Gasteiger partial charge in [0.2, 0.25) is 5.95 Å². The zero-order chi connectivity index (χ0) is 22.5. The standard InChI is InChI=1S/C20H21N5O6.2Na/c21-20-24-16-15(18(29)25-20)12(9-22-16)6-3-10-1-4-11(5-2-10)17(28)23-13(19(30)31)7-8-14(26)27;;/h1-2,4-5,9,13H,3,6-8H2,(H,23,28)(H,26,27)(H,30,31)(H4,21,22,24,25,29);;/q;2*+1/p-2. The van der Waals surface area contributed by atoms with Crippen molar-refractivity contribution in [2.24, 2.45) is 0 Å². The number of fused-ring (bicyclic) bond motifs is 1. The number of nitrogen functional groups attached to an aromatic ring is 1. The van der Waals surface area contributed by atoms with Crippen molar-refractivity contribution in [2.45, 2.75) is 31.7 Å². The van der Waals surface area contributed by atoms with Gasteiger partial charge >= 0.3 is 59.1 Å². The van der Waals surface area contributed by atoms with Crippen LogP contribution in [0.5, 0.6) is 0 Å². The van der Waals surface area contributed by atoms with Gasteiger partial charge in [0.25, 0.3) is 11.5 Å². The molecule has 0 aliphatic carbocycles. The minimum Gasteiger partial charge on any atom is -0.550 e. The Bertz CT molecular complexity index is 1190. The van der Waals surface area contributed by atoms with E-state index < -0.39 is 30.3 Å². The number of benzene rings is 1. The van der Waals surface area contributed by atoms with E-state index in [1.165, 1.54) is 12.1 Å². The maximum atomic E-state index is 12.2. The average molecular weight is 471 g/mol. The quantitative estimate of drug-likeness (QED) is 0.221. The van der Waals surface area contributed by atoms with E-state index in [1.807, 2.05) is 0 Å². The van der Waals surface area contributed by atoms with Crippen LogP contribution in [0.3, 0.4) is 0 Å². The van der Waals surface area contributed by atoms with E-state index in [9.17, 15) is 29.4 Å². The molecule has 1 atom stereocenters. The molecule has 1 unspecified atom stereocenters. The number of aromatic nitrogens is 3. The largest absolute Gasteiger partial charge is 1.00 e. The first kappa shape index (κ1) is 28.9. The molecule has 0 aliphatic rings. The SMILES string of the molecule is Nc1nc2[nH]cc(CCc3ccc(C(=O)NC(CCC(=O)[O-])C(=O)[O-])cc3)c2c(=O)[nH]1.[Na+].[Na+]. The Morgan fingerprint density at radius 1 is 1.09 bits per heavy atom. The topological polar surface area (TPSA) is 197 Å². The minimum atomic E-state index is -1.57. The predicted molar refractivity (Wildman–Crippen MR) is 105 cm³/mol. The summed E-state index contributed by atoms with van der Waals surface area (Å²) in [5, 5.41) is 24.3. The van der Waals surface area contributed by atoms with E-state index in [0.717, 1.165) is 11.1 Å². The number of carbonyl (C=O) groups excluding carboxylic acids is 3. The number of rotatable bonds is 9. The number of nitrogens with zero attached hydrogens (tertiary/aromatic N) is 1. The monoisotopic (exact) mass is 471 g/mol. The Balaban J connectivity index is 0.00000272. The zero-order valence-electron chi connectivity index (χ0n) is 18.3. The smallest absolute Gasteiger partial charge is 0.550 e. The summed E-state index contributed by atoms with van der Waals surface area (Å²) in [6, 6.07) is 5.03. The normalized spacial score (nSPS) is 11.2. The second-order valence-electron chi connectivity index (χ2n) is 6.94. The number of carboxylic acids is 2. The number of amides is 1. The van der Waals surface area contributed by atoms with Crippen LogP contribution in [-0.2, 0) is 22.4 Å². The van der Waals surface area contributed by atoms with Crippen molar-refractivity contribution < 1.29 is 83.7 Å². The second-order valence-corrected chi connectivity index (χ2v) is 6.94. The Morgan fingerprint density at radius 2 is 1.76 bits per heavy atom. The maximum absolute atomic E-state index is 12.2. The fourth-order valence-electron chi connectivity index (χ4n) is 3.17. The van der Waals surface area contributed by atoms with Gasteiger partial charge in [-0.05, 0) is 48.9 Å². The van der Waals surface area contributed by atoms with Crippen LogP contribution < -0.4 is 85.9 Å². The number of H-pyrrole nitrogens is 2. The molecule has 0 bridgehead atoms. The van der Waals surface area contributed by atoms with Crippen molar-refractivity contribution in [1.29, 1.82) is 0 Å². The molecule has 2 heterocycles. The van der Waals surface area contributed by atoms with Gasteiger partial charge < -0.3 is 35.8 Å². The summed E-state index contributed by atoms with van der Waals surface area (Å²) in [7, 11) is 0. The Labute approximate surface area is 232 Å². The Morgan fingerprint density at radius 3 is 2.36 bits per heavy atom. The third-order valence-electron chi connectivity index (χ3n) is 4.77. The van der Waals surface area contributed by atoms with Crippen LogP contribution in [0.4, 0.5) is 5.95 Å². The number of aromatic amines is 2. The second kappa shape index (κ2) is 12.9. The van der Waals surface area contributed by atoms with Crippen LogP contribution in [0.1, 0.15) is 34.3 Å². The number of aryl methyl sites for hydroxylation is 2. The Hall–Kier alpha value is -2.15. The van der Waals surface area contributed by atoms with E-state index in [1.54, 1.807) is 18.3 Å². The molecule has 0 radical (unpaired) electrons. The average Bonchev–Trinajstić information content (AvgIpc) is 3.12. The summed E-state index contributed by atoms with van der Waals surface area (Å²) in [4.78, 5) is 55.4. The van der Waals surface area contributed by atoms with Gasteiger partial charge in [0, 0.05) is 17.7 Å². The van der Waals surface area contributed by atoms with E-state index >= 15 is 0 Å². The molecule has 13 heteroatoms. The van der Waals surface area contributed by atoms with E-state index in [-0.39, 0.29) is 82.6 Å². The number of nitrogens with one attached hydrogen (secondary N) is 3. The van der Waals surface area contributed by atoms with Gasteiger partial charge in [0.15, 0.2) is 0 Å². The molecule has 0 fully saturated rings. The fraction of sp³-hybridized carbons (Fsp3) is 0.250. The molecule has 3 aromatic rings. The van der Waals surface area contributed by atoms with Crippen LogP contribution in [-0.4, -0.2) is 38.8 Å². The molecule has 3 rings (SSSR count). The molecule has 162 valence electrons. The summed E-state index contributed by atoms with van der Waals surface area (Å²) in [5.41, 5.74) is 7.49. The summed E-state index contributed by atoms with van der Waals surface area (Å²) in [6.45, 7) is 0. The molecule has 33 heavy (non-hydrogen) atoms. The summed E-state index contributed by atoms with van der Waals surface area (Å²) in [6.07, 6.45) is 1.96. The molecule has 0 aliphatic heterocycles. The number of aliphatic carboxylic acids is 2. The molecule has 2 aromatic heterocycles. The number of carbonyl (C=O) groups is 3. The third kappa shape index (κ3) is 7.70. The Kier molecular flexibility index (Phi) is 11.3. The molecule has 0 saturated heterocycles. The van der Waals surface area contributed by atoms with Crippen LogP contribution in [0.15, 0.2) is 35.3 Å². The van der Waals surface area contributed by atoms with Crippen LogP contribution in [0, 0.1) is 0 Å². The first-order valence-corrected chi connectivity index (χ1v) is 9.41. The van der Waals surface area contributed by atoms with Crippen LogP contribution >= 0.6 is 0 Å². The molecule has 0 saturated carbocycles. The van der Waals surface area contributed by atoms with Gasteiger partial charge in [-0.2, -0.15) is 4.98 Å². The van der Waals surface area contributed by atoms with Crippen molar-refractivity contribution in [1.82, 2.24) is 20.3 Å². The van der Waals surface area contributed by atoms with Gasteiger partial charge in [-0.15, -0.1) is 0 Å². The van der Waals surface area contributed by atoms with Crippen molar-refractivity contribution in [3.8, 4) is 0 Å². The summed E-state index contributed by atoms with van der Waals surface area (Å²) < 4.78 is 0. The van der Waals surface area contributed by atoms with E-state index in [2.05, 4.69) is 20.3 Å². The molecule has 1 amide bonds. The molecule has 11 nitrogen and oxygen atoms in total. The molecule has 1 aromatic carbocycles. The number of hydrogen-bond donors (Lipinski definition) is 4. The molecule has 5 N–H and O–H groups in total. The fourth-order valence-corrected chi connectivity index (χ4v) is 3.17. The third-order valence-corrected chi connectivity index (χ3v) is 4.77. The molecule has 0 spiro atoms. The predicted octanol–water partition coefficient (Wildman–Crippen LogP) is -8.00. The minimum absolute atomic E-state index is 0. The zero-order valence-corrected chi connectivity index (χ0v) is 22.3. The number of anilines is 1. The van der Waals surface area contributed by atoms with E-state index in [4.69, 9.17) is 5.73 Å². The summed E-state index contributed by atoms with van der Waals surface area (Å²) >= 11 is 0. The van der Waals surface area contributed by atoms with Gasteiger partial charge in [0.1, 0.15) is 5.65 Å². The van der Waals surface area contributed by atoms with Crippen LogP contribution in [0.25, 0.3) is 11.0 Å². The van der Waals surface area contributed by atoms with E-state index in [0.29, 0.717) is 23.9 Å². The van der Waals surface area contributed by atoms with Gasteiger partial charge in [0.05, 0.1) is 17.4 Å². The maximum Gasteiger partial charge on any atom is 1.00 e. The molecular weight excluding hydrogens is 452 g/mol. The van der Waals surface area contributed by atoms with Crippen molar-refractivity contribution in [3.63, 3.8) is 0 Å². The van der Waals surface area contributed by atoms with Gasteiger partial charge in [-0.1, -0.05) is 12.1 Å². The number of hydrogen-bond acceptors (Lipinski definition) is 8. The van der Waals surface area contributed by atoms with Gasteiger partial charge in [-0.3, -0.25) is 14.6 Å². The van der Waals surface area contributed by atoms with Crippen molar-refractivity contribution >= 4 is 34.8 Å².